The Labute approximate surface area is 182 Å². The molecule has 0 aromatic heterocycles. The van der Waals surface area contributed by atoms with Crippen LogP contribution >= 0.6 is 12.4 Å². The molecule has 1 atom stereocenters. The van der Waals surface area contributed by atoms with E-state index in [1.54, 1.807) is 4.90 Å². The first kappa shape index (κ1) is 23.4. The van der Waals surface area contributed by atoms with Gasteiger partial charge in [0, 0.05) is 32.7 Å². The van der Waals surface area contributed by atoms with Crippen LogP contribution in [0.15, 0.2) is 60.7 Å². The van der Waals surface area contributed by atoms with E-state index in [0.717, 1.165) is 30.6 Å². The lowest BCUT2D eigenvalue weighted by Gasteiger charge is -2.39. The van der Waals surface area contributed by atoms with Crippen LogP contribution in [-0.2, 0) is 10.2 Å². The average Bonchev–Trinajstić information content (AvgIpc) is 2.95. The number of nitrogens with zero attached hydrogens (tertiary/aromatic N) is 2. The number of rotatable bonds is 6. The summed E-state index contributed by atoms with van der Waals surface area (Å²) < 4.78 is 0. The molecule has 29 heavy (non-hydrogen) atoms. The zero-order valence-electron chi connectivity index (χ0n) is 18.4. The molecule has 2 aromatic rings. The molecular formula is C25H35ClN2O. The maximum absolute atomic E-state index is 13.7. The smallest absolute Gasteiger partial charge is 0.237 e. The Bertz CT molecular complexity index is 749. The molecule has 3 rings (SSSR count). The van der Waals surface area contributed by atoms with Gasteiger partial charge in [0.25, 0.3) is 0 Å². The molecule has 1 fully saturated rings. The zero-order valence-corrected chi connectivity index (χ0v) is 19.2. The Morgan fingerprint density at radius 1 is 1.03 bits per heavy atom. The van der Waals surface area contributed by atoms with Crippen LogP contribution in [0, 0.1) is 5.92 Å². The minimum Gasteiger partial charge on any atom is -0.348 e. The normalized spacial score (nSPS) is 18.9. The van der Waals surface area contributed by atoms with Crippen molar-refractivity contribution in [1.29, 1.82) is 0 Å². The van der Waals surface area contributed by atoms with Crippen molar-refractivity contribution in [2.24, 2.45) is 5.92 Å². The summed E-state index contributed by atoms with van der Waals surface area (Å²) in [6, 6.07) is 20.6. The maximum atomic E-state index is 13.7. The van der Waals surface area contributed by atoms with E-state index in [2.05, 4.69) is 49.9 Å². The van der Waals surface area contributed by atoms with Crippen LogP contribution in [0.3, 0.4) is 0 Å². The number of carbonyl (C=O) groups is 1. The predicted octanol–water partition coefficient (Wildman–Crippen LogP) is 4.99. The Morgan fingerprint density at radius 2 is 1.52 bits per heavy atom. The third kappa shape index (κ3) is 4.67. The van der Waals surface area contributed by atoms with Crippen molar-refractivity contribution in [3.8, 4) is 0 Å². The molecule has 1 saturated heterocycles. The van der Waals surface area contributed by atoms with Crippen molar-refractivity contribution in [2.75, 3.05) is 27.2 Å². The van der Waals surface area contributed by atoms with Gasteiger partial charge in [0.1, 0.15) is 5.41 Å². The second kappa shape index (κ2) is 9.32. The standard InChI is InChI=1S/C25H34N2O.ClH/c1-20-18-24(2,3)27(19-20)17-16-25(23(28)26(4)5,21-12-8-6-9-13-21)22-14-10-7-11-15-22;/h6-15,20H,16-19H2,1-5H3;1H. The molecule has 0 saturated carbocycles. The van der Waals surface area contributed by atoms with Gasteiger partial charge in [0.2, 0.25) is 5.91 Å². The first-order valence-corrected chi connectivity index (χ1v) is 10.4. The molecule has 1 amide bonds. The van der Waals surface area contributed by atoms with Gasteiger partial charge in [-0.2, -0.15) is 0 Å². The monoisotopic (exact) mass is 414 g/mol. The van der Waals surface area contributed by atoms with Gasteiger partial charge in [-0.1, -0.05) is 67.6 Å². The number of hydrogen-bond acceptors (Lipinski definition) is 2. The highest BCUT2D eigenvalue weighted by Gasteiger charge is 2.45. The molecule has 4 heteroatoms. The van der Waals surface area contributed by atoms with E-state index < -0.39 is 5.41 Å². The first-order valence-electron chi connectivity index (χ1n) is 10.4. The van der Waals surface area contributed by atoms with E-state index in [0.29, 0.717) is 5.92 Å². The minimum atomic E-state index is -0.673. The van der Waals surface area contributed by atoms with E-state index >= 15 is 0 Å². The van der Waals surface area contributed by atoms with E-state index in [-0.39, 0.29) is 23.9 Å². The molecule has 0 bridgehead atoms. The molecule has 2 aromatic carbocycles. The Hall–Kier alpha value is -1.84. The summed E-state index contributed by atoms with van der Waals surface area (Å²) in [6.45, 7) is 8.99. The molecule has 1 aliphatic rings. The Balaban J connectivity index is 0.00000300. The number of amides is 1. The third-order valence-corrected chi connectivity index (χ3v) is 6.30. The van der Waals surface area contributed by atoms with Gasteiger partial charge < -0.3 is 4.90 Å². The Kier molecular flexibility index (Phi) is 7.53. The molecule has 1 heterocycles. The van der Waals surface area contributed by atoms with E-state index in [9.17, 15) is 4.79 Å². The average molecular weight is 415 g/mol. The molecule has 158 valence electrons. The number of carbonyl (C=O) groups excluding carboxylic acids is 1. The number of benzene rings is 2. The molecule has 3 nitrogen and oxygen atoms in total. The quantitative estimate of drug-likeness (QED) is 0.664. The third-order valence-electron chi connectivity index (χ3n) is 6.30. The topological polar surface area (TPSA) is 23.6 Å². The number of likely N-dealkylation sites (tertiary alicyclic amines) is 1. The van der Waals surface area contributed by atoms with Crippen LogP contribution in [0.4, 0.5) is 0 Å². The van der Waals surface area contributed by atoms with Gasteiger partial charge in [-0.05, 0) is 43.7 Å². The van der Waals surface area contributed by atoms with Crippen molar-refractivity contribution in [2.45, 2.75) is 44.6 Å². The second-order valence-electron chi connectivity index (χ2n) is 9.15. The summed E-state index contributed by atoms with van der Waals surface area (Å²) >= 11 is 0. The van der Waals surface area contributed by atoms with E-state index in [4.69, 9.17) is 0 Å². The van der Waals surface area contributed by atoms with Crippen LogP contribution in [0.2, 0.25) is 0 Å². The number of halogens is 1. The van der Waals surface area contributed by atoms with Crippen molar-refractivity contribution in [3.05, 3.63) is 71.8 Å². The van der Waals surface area contributed by atoms with Crippen LogP contribution < -0.4 is 0 Å². The van der Waals surface area contributed by atoms with Gasteiger partial charge in [-0.25, -0.2) is 0 Å². The minimum absolute atomic E-state index is 0. The molecule has 0 N–H and O–H groups in total. The fourth-order valence-corrected chi connectivity index (χ4v) is 5.00. The fourth-order valence-electron chi connectivity index (χ4n) is 5.00. The van der Waals surface area contributed by atoms with Crippen molar-refractivity contribution >= 4 is 18.3 Å². The number of likely N-dealkylation sites (N-methyl/N-ethyl adjacent to an activating group) is 1. The van der Waals surface area contributed by atoms with Gasteiger partial charge in [0.15, 0.2) is 0 Å². The predicted molar refractivity (Wildman–Crippen MR) is 124 cm³/mol. The van der Waals surface area contributed by atoms with Crippen LogP contribution in [0.25, 0.3) is 0 Å². The molecule has 0 spiro atoms. The van der Waals surface area contributed by atoms with Crippen molar-refractivity contribution < 1.29 is 4.79 Å². The van der Waals surface area contributed by atoms with Crippen LogP contribution in [-0.4, -0.2) is 48.4 Å². The summed E-state index contributed by atoms with van der Waals surface area (Å²) in [5.74, 6) is 0.845. The lowest BCUT2D eigenvalue weighted by Crippen LogP contribution is -2.48. The molecule has 1 aliphatic heterocycles. The van der Waals surface area contributed by atoms with Crippen molar-refractivity contribution in [3.63, 3.8) is 0 Å². The summed E-state index contributed by atoms with van der Waals surface area (Å²) in [4.78, 5) is 18.0. The van der Waals surface area contributed by atoms with Gasteiger partial charge >= 0.3 is 0 Å². The van der Waals surface area contributed by atoms with E-state index in [1.807, 2.05) is 50.5 Å². The SMILES string of the molecule is CC1CN(CCC(C(=O)N(C)C)(c2ccccc2)c2ccccc2)C(C)(C)C1.Cl. The van der Waals surface area contributed by atoms with E-state index in [1.165, 1.54) is 6.42 Å². The fraction of sp³-hybridized carbons (Fsp3) is 0.480. The van der Waals surface area contributed by atoms with Crippen molar-refractivity contribution in [1.82, 2.24) is 9.80 Å². The van der Waals surface area contributed by atoms with Gasteiger partial charge in [0.05, 0.1) is 0 Å². The molecule has 0 aliphatic carbocycles. The zero-order chi connectivity index (χ0) is 20.4. The van der Waals surface area contributed by atoms with Gasteiger partial charge in [-0.3, -0.25) is 9.69 Å². The van der Waals surface area contributed by atoms with Gasteiger partial charge in [-0.15, -0.1) is 12.4 Å². The lowest BCUT2D eigenvalue weighted by atomic mass is 9.70. The molecular weight excluding hydrogens is 380 g/mol. The van der Waals surface area contributed by atoms with Crippen LogP contribution in [0.1, 0.15) is 44.7 Å². The van der Waals surface area contributed by atoms with Crippen LogP contribution in [0.5, 0.6) is 0 Å². The highest BCUT2D eigenvalue weighted by Crippen LogP contribution is 2.40. The second-order valence-corrected chi connectivity index (χ2v) is 9.15. The number of hydrogen-bond donors (Lipinski definition) is 0. The summed E-state index contributed by atoms with van der Waals surface area (Å²) in [6.07, 6.45) is 1.98. The molecule has 0 radical (unpaired) electrons. The molecule has 1 unspecified atom stereocenters. The highest BCUT2D eigenvalue weighted by molar-refractivity contribution is 5.92. The summed E-state index contributed by atoms with van der Waals surface area (Å²) in [5, 5.41) is 0. The highest BCUT2D eigenvalue weighted by atomic mass is 35.5. The summed E-state index contributed by atoms with van der Waals surface area (Å²) in [5.41, 5.74) is 1.66. The summed E-state index contributed by atoms with van der Waals surface area (Å²) in [7, 11) is 3.73. The largest absolute Gasteiger partial charge is 0.348 e. The lowest BCUT2D eigenvalue weighted by molar-refractivity contribution is -0.133. The Morgan fingerprint density at radius 3 is 1.90 bits per heavy atom. The first-order chi connectivity index (χ1) is 13.3. The maximum Gasteiger partial charge on any atom is 0.237 e.